The van der Waals surface area contributed by atoms with Crippen LogP contribution < -0.4 is 0 Å². The molecule has 0 bridgehead atoms. The lowest BCUT2D eigenvalue weighted by atomic mass is 9.90. The van der Waals surface area contributed by atoms with Crippen LogP contribution in [0.3, 0.4) is 0 Å². The molecule has 2 aliphatic carbocycles. The third kappa shape index (κ3) is 5.27. The first-order valence-electron chi connectivity index (χ1n) is 9.96. The van der Waals surface area contributed by atoms with Crippen LogP contribution >= 0.6 is 0 Å². The van der Waals surface area contributed by atoms with Crippen molar-refractivity contribution in [3.63, 3.8) is 0 Å². The Morgan fingerprint density at radius 3 is 2.96 bits per heavy atom. The summed E-state index contributed by atoms with van der Waals surface area (Å²) in [4.78, 5) is 0. The molecule has 1 N–H and O–H groups in total. The van der Waals surface area contributed by atoms with Crippen LogP contribution in [0.5, 0.6) is 0 Å². The molecule has 0 amide bonds. The fraction of sp³-hybridized carbons (Fsp3) is 0.900. The van der Waals surface area contributed by atoms with Gasteiger partial charge in [-0.25, -0.2) is 0 Å². The summed E-state index contributed by atoms with van der Waals surface area (Å²) in [7, 11) is 1.65. The number of hydrogen-bond donors (Lipinski definition) is 1. The van der Waals surface area contributed by atoms with E-state index in [9.17, 15) is 5.11 Å². The molecule has 5 atom stereocenters. The van der Waals surface area contributed by atoms with Gasteiger partial charge < -0.3 is 24.1 Å². The van der Waals surface area contributed by atoms with E-state index < -0.39 is 0 Å². The highest BCUT2D eigenvalue weighted by Crippen LogP contribution is 2.49. The number of allylic oxidation sites excluding steroid dienone is 2. The number of ether oxygens (including phenoxy) is 4. The molecule has 1 heterocycles. The third-order valence-corrected chi connectivity index (χ3v) is 5.94. The van der Waals surface area contributed by atoms with Crippen molar-refractivity contribution >= 4 is 0 Å². The summed E-state index contributed by atoms with van der Waals surface area (Å²) in [5.74, 6) is 1.39. The average molecular weight is 354 g/mol. The molecule has 5 nitrogen and oxygen atoms in total. The van der Waals surface area contributed by atoms with Gasteiger partial charge in [-0.3, -0.25) is 0 Å². The zero-order valence-corrected chi connectivity index (χ0v) is 15.5. The zero-order chi connectivity index (χ0) is 17.5. The van der Waals surface area contributed by atoms with E-state index in [4.69, 9.17) is 18.9 Å². The van der Waals surface area contributed by atoms with Crippen molar-refractivity contribution in [2.75, 3.05) is 33.7 Å². The van der Waals surface area contributed by atoms with Crippen LogP contribution in [0.15, 0.2) is 11.6 Å². The van der Waals surface area contributed by atoms with Gasteiger partial charge in [0.2, 0.25) is 0 Å². The second-order valence-electron chi connectivity index (χ2n) is 7.68. The van der Waals surface area contributed by atoms with Gasteiger partial charge in [0.05, 0.1) is 6.10 Å². The number of hydrogen-bond acceptors (Lipinski definition) is 5. The lowest BCUT2D eigenvalue weighted by Gasteiger charge is -2.29. The minimum absolute atomic E-state index is 0.0535. The first kappa shape index (κ1) is 19.3. The Hall–Kier alpha value is -0.460. The monoisotopic (exact) mass is 354 g/mol. The van der Waals surface area contributed by atoms with E-state index in [2.05, 4.69) is 6.08 Å². The van der Waals surface area contributed by atoms with Crippen LogP contribution in [-0.2, 0) is 18.9 Å². The molecule has 5 heteroatoms. The molecular weight excluding hydrogens is 320 g/mol. The Morgan fingerprint density at radius 2 is 2.20 bits per heavy atom. The molecule has 0 spiro atoms. The molecule has 1 saturated heterocycles. The van der Waals surface area contributed by atoms with Gasteiger partial charge in [0.1, 0.15) is 6.79 Å². The molecule has 3 rings (SSSR count). The molecule has 1 unspecified atom stereocenters. The van der Waals surface area contributed by atoms with Gasteiger partial charge in [0.25, 0.3) is 0 Å². The lowest BCUT2D eigenvalue weighted by Crippen LogP contribution is -2.32. The summed E-state index contributed by atoms with van der Waals surface area (Å²) in [5.41, 5.74) is 1.56. The largest absolute Gasteiger partial charge is 0.396 e. The summed E-state index contributed by atoms with van der Waals surface area (Å²) in [6, 6.07) is 0. The van der Waals surface area contributed by atoms with E-state index in [0.717, 1.165) is 58.2 Å². The predicted octanol–water partition coefficient (Wildman–Crippen LogP) is 3.26. The fourth-order valence-corrected chi connectivity index (χ4v) is 4.69. The predicted molar refractivity (Wildman–Crippen MR) is 95.0 cm³/mol. The van der Waals surface area contributed by atoms with Gasteiger partial charge in [-0.15, -0.1) is 0 Å². The van der Waals surface area contributed by atoms with Crippen molar-refractivity contribution in [1.82, 2.24) is 0 Å². The molecule has 2 fully saturated rings. The smallest absolute Gasteiger partial charge is 0.157 e. The molecule has 1 aliphatic heterocycles. The maximum Gasteiger partial charge on any atom is 0.157 e. The van der Waals surface area contributed by atoms with Gasteiger partial charge >= 0.3 is 0 Å². The summed E-state index contributed by atoms with van der Waals surface area (Å²) < 4.78 is 22.2. The lowest BCUT2D eigenvalue weighted by molar-refractivity contribution is -0.198. The maximum atomic E-state index is 9.92. The highest BCUT2D eigenvalue weighted by Gasteiger charge is 2.46. The normalized spacial score (nSPS) is 35.0. The topological polar surface area (TPSA) is 57.2 Å². The SMILES string of the molecule is COCOCCCCC1=C[C@H]2C[C@@H](OC3CCCCO3)[C@H](CO)[C@H]2C1. The number of aliphatic hydroxyl groups excluding tert-OH is 1. The average Bonchev–Trinajstić information content (AvgIpc) is 3.15. The van der Waals surface area contributed by atoms with E-state index in [0.29, 0.717) is 18.6 Å². The fourth-order valence-electron chi connectivity index (χ4n) is 4.69. The van der Waals surface area contributed by atoms with E-state index in [-0.39, 0.29) is 24.9 Å². The molecule has 0 aromatic rings. The van der Waals surface area contributed by atoms with Crippen molar-refractivity contribution in [2.45, 2.75) is 63.8 Å². The zero-order valence-electron chi connectivity index (χ0n) is 15.5. The van der Waals surface area contributed by atoms with Crippen molar-refractivity contribution in [1.29, 1.82) is 0 Å². The second-order valence-corrected chi connectivity index (χ2v) is 7.68. The maximum absolute atomic E-state index is 9.92. The standard InChI is InChI=1S/C20H34O5/c1-22-14-23-8-4-2-6-15-10-16-12-19(18(13-21)17(16)11-15)25-20-7-3-5-9-24-20/h10,16-21H,2-9,11-14H2,1H3/t16-,17-,18+,19+,20?/m0/s1. The summed E-state index contributed by atoms with van der Waals surface area (Å²) in [5, 5.41) is 9.92. The number of rotatable bonds is 10. The van der Waals surface area contributed by atoms with Gasteiger partial charge in [0, 0.05) is 32.8 Å². The van der Waals surface area contributed by atoms with Crippen LogP contribution in [-0.4, -0.2) is 51.2 Å². The van der Waals surface area contributed by atoms with E-state index in [1.54, 1.807) is 12.7 Å². The molecule has 0 aromatic heterocycles. The molecule has 3 aliphatic rings. The number of methoxy groups -OCH3 is 1. The van der Waals surface area contributed by atoms with Crippen LogP contribution in [0.25, 0.3) is 0 Å². The van der Waals surface area contributed by atoms with E-state index >= 15 is 0 Å². The highest BCUT2D eigenvalue weighted by atomic mass is 16.7. The Bertz CT molecular complexity index is 418. The molecule has 1 saturated carbocycles. The van der Waals surface area contributed by atoms with Gasteiger partial charge in [-0.2, -0.15) is 0 Å². The molecule has 0 radical (unpaired) electrons. The number of fused-ring (bicyclic) bond motifs is 1. The van der Waals surface area contributed by atoms with E-state index in [1.165, 1.54) is 6.42 Å². The Morgan fingerprint density at radius 1 is 1.28 bits per heavy atom. The van der Waals surface area contributed by atoms with Gasteiger partial charge in [0.15, 0.2) is 6.29 Å². The first-order valence-corrected chi connectivity index (χ1v) is 9.96. The van der Waals surface area contributed by atoms with Gasteiger partial charge in [-0.1, -0.05) is 11.6 Å². The Labute approximate surface area is 151 Å². The quantitative estimate of drug-likeness (QED) is 0.371. The first-order chi connectivity index (χ1) is 12.3. The number of aliphatic hydroxyl groups is 1. The second kappa shape index (κ2) is 10.0. The van der Waals surface area contributed by atoms with Crippen molar-refractivity contribution in [3.05, 3.63) is 11.6 Å². The van der Waals surface area contributed by atoms with Crippen LogP contribution in [0, 0.1) is 17.8 Å². The third-order valence-electron chi connectivity index (χ3n) is 5.94. The van der Waals surface area contributed by atoms with Crippen molar-refractivity contribution in [2.24, 2.45) is 17.8 Å². The van der Waals surface area contributed by atoms with Crippen molar-refractivity contribution < 1.29 is 24.1 Å². The van der Waals surface area contributed by atoms with Crippen LogP contribution in [0.1, 0.15) is 51.4 Å². The summed E-state index contributed by atoms with van der Waals surface area (Å²) in [6.07, 6.45) is 11.4. The van der Waals surface area contributed by atoms with Gasteiger partial charge in [-0.05, 0) is 63.2 Å². The highest BCUT2D eigenvalue weighted by molar-refractivity contribution is 5.18. The minimum Gasteiger partial charge on any atom is -0.396 e. The Kier molecular flexibility index (Phi) is 7.74. The van der Waals surface area contributed by atoms with Crippen molar-refractivity contribution in [3.8, 4) is 0 Å². The molecule has 144 valence electrons. The molecular formula is C20H34O5. The summed E-state index contributed by atoms with van der Waals surface area (Å²) >= 11 is 0. The van der Waals surface area contributed by atoms with Crippen LogP contribution in [0.4, 0.5) is 0 Å². The number of unbranched alkanes of at least 4 members (excludes halogenated alkanes) is 1. The Balaban J connectivity index is 1.42. The minimum atomic E-state index is -0.0535. The van der Waals surface area contributed by atoms with E-state index in [1.807, 2.05) is 0 Å². The summed E-state index contributed by atoms with van der Waals surface area (Å²) in [6.45, 7) is 2.19. The van der Waals surface area contributed by atoms with Crippen LogP contribution in [0.2, 0.25) is 0 Å². The molecule has 0 aromatic carbocycles. The molecule has 25 heavy (non-hydrogen) atoms.